The Kier molecular flexibility index (Phi) is 3.61. The fourth-order valence-corrected chi connectivity index (χ4v) is 3.47. The number of nitrogens with one attached hydrogen (secondary N) is 1. The number of nitrogens with two attached hydrogens (primary N) is 1. The van der Waals surface area contributed by atoms with E-state index in [1.54, 1.807) is 6.20 Å². The number of nitrogens with zero attached hydrogens (tertiary/aromatic N) is 5. The molecule has 142 valence electrons. The van der Waals surface area contributed by atoms with Gasteiger partial charge in [-0.15, -0.1) is 0 Å². The smallest absolute Gasteiger partial charge is 0.271 e. The second-order valence-electron chi connectivity index (χ2n) is 7.56. The molecular formula is C20H21N7O. The summed E-state index contributed by atoms with van der Waals surface area (Å²) in [4.78, 5) is 25.3. The average molecular weight is 375 g/mol. The first-order chi connectivity index (χ1) is 13.5. The number of aromatic nitrogens is 5. The van der Waals surface area contributed by atoms with Crippen molar-refractivity contribution >= 4 is 28.4 Å². The zero-order chi connectivity index (χ0) is 19.4. The van der Waals surface area contributed by atoms with Gasteiger partial charge >= 0.3 is 0 Å². The molecule has 3 N–H and O–H groups in total. The number of amides is 1. The van der Waals surface area contributed by atoms with Gasteiger partial charge in [0.25, 0.3) is 5.91 Å². The van der Waals surface area contributed by atoms with E-state index >= 15 is 0 Å². The molecule has 0 unspecified atom stereocenters. The van der Waals surface area contributed by atoms with Crippen LogP contribution in [-0.4, -0.2) is 35.9 Å². The molecule has 28 heavy (non-hydrogen) atoms. The summed E-state index contributed by atoms with van der Waals surface area (Å²) in [6, 6.07) is 4.43. The Morgan fingerprint density at radius 3 is 2.79 bits per heavy atom. The topological polar surface area (TPSA) is 103 Å². The number of carbonyl (C=O) groups is 1. The van der Waals surface area contributed by atoms with Crippen LogP contribution in [0, 0.1) is 0 Å². The van der Waals surface area contributed by atoms with Gasteiger partial charge in [0.2, 0.25) is 0 Å². The van der Waals surface area contributed by atoms with Crippen LogP contribution in [0.3, 0.4) is 0 Å². The Labute approximate surface area is 161 Å². The van der Waals surface area contributed by atoms with Crippen molar-refractivity contribution < 1.29 is 4.79 Å². The maximum Gasteiger partial charge on any atom is 0.271 e. The summed E-state index contributed by atoms with van der Waals surface area (Å²) < 4.78 is 3.96. The summed E-state index contributed by atoms with van der Waals surface area (Å²) in [5.41, 5.74) is 10.1. The SMILES string of the molecule is CC(C)n1cc(-c2ccc3nc(C(=O)NC4CC4)cn3c2)c2c(N)ncnc21. The first-order valence-electron chi connectivity index (χ1n) is 9.42. The maximum atomic E-state index is 12.3. The van der Waals surface area contributed by atoms with Crippen molar-refractivity contribution in [2.45, 2.75) is 38.8 Å². The van der Waals surface area contributed by atoms with Gasteiger partial charge in [0.1, 0.15) is 29.1 Å². The third kappa shape index (κ3) is 2.69. The molecule has 0 saturated heterocycles. The first kappa shape index (κ1) is 16.7. The Balaban J connectivity index is 1.62. The summed E-state index contributed by atoms with van der Waals surface area (Å²) in [5, 5.41) is 3.81. The van der Waals surface area contributed by atoms with Crippen LogP contribution < -0.4 is 11.1 Å². The fourth-order valence-electron chi connectivity index (χ4n) is 3.47. The third-order valence-electron chi connectivity index (χ3n) is 5.10. The molecule has 0 radical (unpaired) electrons. The molecule has 1 fully saturated rings. The van der Waals surface area contributed by atoms with Crippen LogP contribution in [0.2, 0.25) is 0 Å². The number of carbonyl (C=O) groups excluding carboxylic acids is 1. The molecule has 0 aliphatic heterocycles. The summed E-state index contributed by atoms with van der Waals surface area (Å²) in [6.07, 6.45) is 9.36. The van der Waals surface area contributed by atoms with Gasteiger partial charge in [-0.25, -0.2) is 15.0 Å². The minimum Gasteiger partial charge on any atom is -0.383 e. The van der Waals surface area contributed by atoms with Crippen LogP contribution in [0.15, 0.2) is 37.1 Å². The number of pyridine rings is 1. The molecule has 8 heteroatoms. The van der Waals surface area contributed by atoms with Crippen molar-refractivity contribution in [3.05, 3.63) is 42.7 Å². The van der Waals surface area contributed by atoms with Crippen LogP contribution in [0.25, 0.3) is 27.8 Å². The summed E-state index contributed by atoms with van der Waals surface area (Å²) in [7, 11) is 0. The molecule has 1 amide bonds. The number of hydrogen-bond donors (Lipinski definition) is 2. The molecule has 1 aliphatic carbocycles. The largest absolute Gasteiger partial charge is 0.383 e. The molecule has 8 nitrogen and oxygen atoms in total. The molecule has 1 aliphatic rings. The van der Waals surface area contributed by atoms with Gasteiger partial charge in [0, 0.05) is 41.8 Å². The highest BCUT2D eigenvalue weighted by Gasteiger charge is 2.25. The first-order valence-corrected chi connectivity index (χ1v) is 9.42. The lowest BCUT2D eigenvalue weighted by Crippen LogP contribution is -2.25. The minimum absolute atomic E-state index is 0.123. The summed E-state index contributed by atoms with van der Waals surface area (Å²) >= 11 is 0. The Morgan fingerprint density at radius 2 is 2.04 bits per heavy atom. The summed E-state index contributed by atoms with van der Waals surface area (Å²) in [6.45, 7) is 4.21. The Hall–Kier alpha value is -3.42. The van der Waals surface area contributed by atoms with Crippen molar-refractivity contribution in [3.8, 4) is 11.1 Å². The van der Waals surface area contributed by atoms with Gasteiger partial charge < -0.3 is 20.0 Å². The Morgan fingerprint density at radius 1 is 1.21 bits per heavy atom. The molecule has 0 bridgehead atoms. The van der Waals surface area contributed by atoms with E-state index in [0.717, 1.165) is 40.6 Å². The number of imidazole rings is 1. The van der Waals surface area contributed by atoms with E-state index in [2.05, 4.69) is 44.9 Å². The van der Waals surface area contributed by atoms with Crippen molar-refractivity contribution in [1.82, 2.24) is 29.2 Å². The second kappa shape index (κ2) is 6.05. The molecule has 5 rings (SSSR count). The molecule has 0 atom stereocenters. The molecule has 4 aromatic rings. The van der Waals surface area contributed by atoms with Crippen molar-refractivity contribution in [2.75, 3.05) is 5.73 Å². The van der Waals surface area contributed by atoms with Crippen molar-refractivity contribution in [2.24, 2.45) is 0 Å². The van der Waals surface area contributed by atoms with Gasteiger partial charge in [0.15, 0.2) is 0 Å². The van der Waals surface area contributed by atoms with E-state index in [0.29, 0.717) is 17.6 Å². The predicted molar refractivity (Wildman–Crippen MR) is 107 cm³/mol. The van der Waals surface area contributed by atoms with Gasteiger partial charge in [-0.3, -0.25) is 4.79 Å². The van der Waals surface area contributed by atoms with Gasteiger partial charge in [-0.05, 0) is 38.8 Å². The molecule has 4 aromatic heterocycles. The zero-order valence-electron chi connectivity index (χ0n) is 15.8. The van der Waals surface area contributed by atoms with E-state index in [1.165, 1.54) is 6.33 Å². The maximum absolute atomic E-state index is 12.3. The highest BCUT2D eigenvalue weighted by Crippen LogP contribution is 2.34. The zero-order valence-corrected chi connectivity index (χ0v) is 15.8. The minimum atomic E-state index is -0.123. The number of anilines is 1. The van der Waals surface area contributed by atoms with Gasteiger partial charge in [-0.1, -0.05) is 0 Å². The second-order valence-corrected chi connectivity index (χ2v) is 7.56. The number of rotatable bonds is 4. The van der Waals surface area contributed by atoms with Crippen molar-refractivity contribution in [1.29, 1.82) is 0 Å². The predicted octanol–water partition coefficient (Wildman–Crippen LogP) is 2.80. The number of fused-ring (bicyclic) bond motifs is 2. The average Bonchev–Trinajstić information content (AvgIpc) is 3.23. The van der Waals surface area contributed by atoms with E-state index < -0.39 is 0 Å². The summed E-state index contributed by atoms with van der Waals surface area (Å²) in [5.74, 6) is 0.330. The van der Waals surface area contributed by atoms with E-state index in [9.17, 15) is 4.79 Å². The van der Waals surface area contributed by atoms with Gasteiger partial charge in [0.05, 0.1) is 5.39 Å². The highest BCUT2D eigenvalue weighted by molar-refractivity contribution is 6.00. The van der Waals surface area contributed by atoms with Crippen molar-refractivity contribution in [3.63, 3.8) is 0 Å². The molecular weight excluding hydrogens is 354 g/mol. The number of hydrogen-bond acceptors (Lipinski definition) is 5. The lowest BCUT2D eigenvalue weighted by atomic mass is 10.1. The van der Waals surface area contributed by atoms with E-state index in [-0.39, 0.29) is 11.9 Å². The molecule has 0 aromatic carbocycles. The Bertz CT molecular complexity index is 1220. The normalized spacial score (nSPS) is 14.2. The molecule has 0 spiro atoms. The van der Waals surface area contributed by atoms with Gasteiger partial charge in [-0.2, -0.15) is 0 Å². The van der Waals surface area contributed by atoms with E-state index in [4.69, 9.17) is 5.73 Å². The highest BCUT2D eigenvalue weighted by atomic mass is 16.2. The fraction of sp³-hybridized carbons (Fsp3) is 0.300. The quantitative estimate of drug-likeness (QED) is 0.571. The van der Waals surface area contributed by atoms with E-state index in [1.807, 2.05) is 22.7 Å². The molecule has 1 saturated carbocycles. The van der Waals surface area contributed by atoms with Crippen LogP contribution in [0.4, 0.5) is 5.82 Å². The number of nitrogen functional groups attached to an aromatic ring is 1. The lowest BCUT2D eigenvalue weighted by molar-refractivity contribution is 0.0946. The monoisotopic (exact) mass is 375 g/mol. The molecule has 4 heterocycles. The van der Waals surface area contributed by atoms with Crippen LogP contribution in [0.1, 0.15) is 43.2 Å². The van der Waals surface area contributed by atoms with Crippen LogP contribution in [-0.2, 0) is 0 Å². The third-order valence-corrected chi connectivity index (χ3v) is 5.10. The standard InChI is InChI=1S/C20H21N7O/c1-11(2)27-8-14(17-18(21)22-10-23-19(17)27)12-3-6-16-25-15(9-26(16)7-12)20(28)24-13-4-5-13/h3,6-11,13H,4-5H2,1-2H3,(H,24,28)(H2,21,22,23). The lowest BCUT2D eigenvalue weighted by Gasteiger charge is -2.07. The van der Waals surface area contributed by atoms with Crippen LogP contribution >= 0.6 is 0 Å². The van der Waals surface area contributed by atoms with Crippen LogP contribution in [0.5, 0.6) is 0 Å².